The van der Waals surface area contributed by atoms with Crippen LogP contribution in [0.25, 0.3) is 10.9 Å². The maximum Gasteiger partial charge on any atom is 0.326 e. The predicted octanol–water partition coefficient (Wildman–Crippen LogP) is -0.313. The molecule has 212 valence electrons. The number of unbranched alkanes of at least 4 members (excludes halogenated alkanes) is 1. The molecule has 13 nitrogen and oxygen atoms in total. The van der Waals surface area contributed by atoms with Gasteiger partial charge in [-0.15, -0.1) is 0 Å². The van der Waals surface area contributed by atoms with Crippen molar-refractivity contribution in [2.24, 2.45) is 11.5 Å². The van der Waals surface area contributed by atoms with Crippen LogP contribution >= 0.6 is 0 Å². The summed E-state index contributed by atoms with van der Waals surface area (Å²) in [6, 6.07) is 2.92. The number of nitrogens with two attached hydrogens (primary N) is 2. The summed E-state index contributed by atoms with van der Waals surface area (Å²) in [7, 11) is 0. The summed E-state index contributed by atoms with van der Waals surface area (Å²) in [5.74, 6) is -4.34. The lowest BCUT2D eigenvalue weighted by molar-refractivity contribution is -0.145. The molecular weight excluding hydrogens is 508 g/mol. The molecule has 1 aliphatic rings. The molecule has 0 saturated carbocycles. The first-order chi connectivity index (χ1) is 18.6. The Labute approximate surface area is 225 Å². The molecule has 1 aliphatic heterocycles. The fourth-order valence-electron chi connectivity index (χ4n) is 4.80. The lowest BCUT2D eigenvalue weighted by Crippen LogP contribution is -2.57. The lowest BCUT2D eigenvalue weighted by atomic mass is 10.0. The van der Waals surface area contributed by atoms with E-state index in [2.05, 4.69) is 15.6 Å². The van der Waals surface area contributed by atoms with Gasteiger partial charge in [0.05, 0.1) is 12.5 Å². The van der Waals surface area contributed by atoms with E-state index in [0.717, 1.165) is 16.5 Å². The molecule has 4 atom stereocenters. The zero-order valence-electron chi connectivity index (χ0n) is 21.6. The van der Waals surface area contributed by atoms with Crippen LogP contribution in [-0.4, -0.2) is 87.0 Å². The fourth-order valence-corrected chi connectivity index (χ4v) is 4.80. The number of carboxylic acids is 2. The minimum atomic E-state index is -1.34. The molecule has 4 unspecified atom stereocenters. The molecule has 0 bridgehead atoms. The number of carbonyl (C=O) groups excluding carboxylic acids is 3. The van der Waals surface area contributed by atoms with Crippen molar-refractivity contribution in [2.45, 2.75) is 69.1 Å². The Morgan fingerprint density at radius 3 is 2.51 bits per heavy atom. The zero-order valence-corrected chi connectivity index (χ0v) is 21.6. The van der Waals surface area contributed by atoms with Gasteiger partial charge in [0.25, 0.3) is 0 Å². The number of likely N-dealkylation sites (tertiary alicyclic amines) is 1. The van der Waals surface area contributed by atoms with Crippen LogP contribution in [-0.2, 0) is 30.4 Å². The summed E-state index contributed by atoms with van der Waals surface area (Å²) in [5.41, 5.74) is 12.8. The van der Waals surface area contributed by atoms with Crippen LogP contribution in [0.5, 0.6) is 0 Å². The van der Waals surface area contributed by atoms with E-state index in [1.165, 1.54) is 4.90 Å². The molecule has 9 N–H and O–H groups in total. The molecule has 3 rings (SSSR count). The fraction of sp³-hybridized carbons (Fsp3) is 0.500. The van der Waals surface area contributed by atoms with Crippen LogP contribution in [0.2, 0.25) is 0 Å². The zero-order chi connectivity index (χ0) is 28.5. The van der Waals surface area contributed by atoms with Crippen LogP contribution < -0.4 is 22.1 Å². The Morgan fingerprint density at radius 1 is 1.08 bits per heavy atom. The van der Waals surface area contributed by atoms with Gasteiger partial charge in [-0.05, 0) is 50.3 Å². The second-order valence-corrected chi connectivity index (χ2v) is 9.70. The van der Waals surface area contributed by atoms with Crippen molar-refractivity contribution in [1.82, 2.24) is 20.5 Å². The number of fused-ring (bicyclic) bond motifs is 1. The van der Waals surface area contributed by atoms with Gasteiger partial charge in [0.2, 0.25) is 17.7 Å². The summed E-state index contributed by atoms with van der Waals surface area (Å²) in [5, 5.41) is 24.7. The summed E-state index contributed by atoms with van der Waals surface area (Å²) >= 11 is 0. The standard InChI is InChI=1S/C26H36N6O7/c27-10-4-3-8-19(30-23(35)17(28)13-22(33)34)25(37)32-11-5-9-21(32)24(36)31-20(26(38)39)12-15-14-29-18-7-2-1-6-16(15)18/h1-2,6-7,14,17,19-21,29H,3-5,8-13,27-28H2,(H,30,35)(H,31,36)(H,33,34)(H,38,39). The third kappa shape index (κ3) is 7.77. The number of para-hydroxylation sites is 1. The Kier molecular flexibility index (Phi) is 10.4. The van der Waals surface area contributed by atoms with Gasteiger partial charge in [-0.25, -0.2) is 4.79 Å². The van der Waals surface area contributed by atoms with E-state index >= 15 is 0 Å². The maximum atomic E-state index is 13.5. The van der Waals surface area contributed by atoms with Crippen molar-refractivity contribution in [3.05, 3.63) is 36.0 Å². The van der Waals surface area contributed by atoms with Gasteiger partial charge in [-0.2, -0.15) is 0 Å². The number of amides is 3. The Hall–Kier alpha value is -3.97. The second kappa shape index (κ2) is 13.7. The van der Waals surface area contributed by atoms with E-state index in [4.69, 9.17) is 16.6 Å². The highest BCUT2D eigenvalue weighted by Crippen LogP contribution is 2.22. The second-order valence-electron chi connectivity index (χ2n) is 9.70. The van der Waals surface area contributed by atoms with Crippen molar-refractivity contribution >= 4 is 40.6 Å². The minimum absolute atomic E-state index is 0.0466. The predicted molar refractivity (Wildman–Crippen MR) is 141 cm³/mol. The lowest BCUT2D eigenvalue weighted by Gasteiger charge is -2.30. The van der Waals surface area contributed by atoms with E-state index in [1.54, 1.807) is 6.20 Å². The molecule has 1 aromatic heterocycles. The largest absolute Gasteiger partial charge is 0.481 e. The number of aromatic amines is 1. The summed E-state index contributed by atoms with van der Waals surface area (Å²) < 4.78 is 0. The summed E-state index contributed by atoms with van der Waals surface area (Å²) in [4.78, 5) is 66.6. The number of hydrogen-bond donors (Lipinski definition) is 7. The van der Waals surface area contributed by atoms with Gasteiger partial charge in [-0.1, -0.05) is 18.2 Å². The van der Waals surface area contributed by atoms with Gasteiger partial charge in [0, 0.05) is 30.1 Å². The third-order valence-corrected chi connectivity index (χ3v) is 6.84. The molecule has 0 aliphatic carbocycles. The molecule has 39 heavy (non-hydrogen) atoms. The van der Waals surface area contributed by atoms with Crippen molar-refractivity contribution in [2.75, 3.05) is 13.1 Å². The average molecular weight is 545 g/mol. The Bertz CT molecular complexity index is 1200. The number of hydrogen-bond acceptors (Lipinski definition) is 7. The number of nitrogens with one attached hydrogen (secondary N) is 3. The van der Waals surface area contributed by atoms with E-state index < -0.39 is 60.2 Å². The van der Waals surface area contributed by atoms with Crippen LogP contribution in [0.4, 0.5) is 0 Å². The van der Waals surface area contributed by atoms with Gasteiger partial charge < -0.3 is 42.2 Å². The van der Waals surface area contributed by atoms with E-state index in [-0.39, 0.29) is 19.4 Å². The van der Waals surface area contributed by atoms with Gasteiger partial charge >= 0.3 is 11.9 Å². The molecule has 1 aromatic carbocycles. The van der Waals surface area contributed by atoms with Gasteiger partial charge in [-0.3, -0.25) is 19.2 Å². The third-order valence-electron chi connectivity index (χ3n) is 6.84. The van der Waals surface area contributed by atoms with Crippen LogP contribution in [0.3, 0.4) is 0 Å². The van der Waals surface area contributed by atoms with E-state index in [1.807, 2.05) is 24.3 Å². The van der Waals surface area contributed by atoms with Crippen molar-refractivity contribution < 1.29 is 34.2 Å². The highest BCUT2D eigenvalue weighted by Gasteiger charge is 2.39. The topological polar surface area (TPSA) is 221 Å². The number of H-pyrrole nitrogens is 1. The molecule has 13 heteroatoms. The summed E-state index contributed by atoms with van der Waals surface area (Å²) in [6.45, 7) is 0.636. The first-order valence-corrected chi connectivity index (χ1v) is 13.0. The quantitative estimate of drug-likeness (QED) is 0.155. The molecular formula is C26H36N6O7. The minimum Gasteiger partial charge on any atom is -0.481 e. The Balaban J connectivity index is 1.71. The normalized spacial score (nSPS) is 17.4. The van der Waals surface area contributed by atoms with Crippen molar-refractivity contribution in [1.29, 1.82) is 0 Å². The smallest absolute Gasteiger partial charge is 0.326 e. The highest BCUT2D eigenvalue weighted by molar-refractivity contribution is 5.95. The molecule has 0 spiro atoms. The first-order valence-electron chi connectivity index (χ1n) is 13.0. The SMILES string of the molecule is NCCCCC(NC(=O)C(N)CC(=O)O)C(=O)N1CCCC1C(=O)NC(Cc1c[nH]c2ccccc12)C(=O)O. The van der Waals surface area contributed by atoms with Crippen molar-refractivity contribution in [3.8, 4) is 0 Å². The van der Waals surface area contributed by atoms with Gasteiger partial charge in [0.1, 0.15) is 18.1 Å². The van der Waals surface area contributed by atoms with Gasteiger partial charge in [0.15, 0.2) is 0 Å². The molecule has 3 amide bonds. The average Bonchev–Trinajstić information content (AvgIpc) is 3.54. The molecule has 2 heterocycles. The van der Waals surface area contributed by atoms with Crippen LogP contribution in [0.1, 0.15) is 44.1 Å². The molecule has 2 aromatic rings. The molecule has 1 saturated heterocycles. The maximum absolute atomic E-state index is 13.5. The van der Waals surface area contributed by atoms with E-state index in [9.17, 15) is 29.1 Å². The van der Waals surface area contributed by atoms with Crippen LogP contribution in [0, 0.1) is 0 Å². The number of carboxylic acid groups (broad SMARTS) is 2. The molecule has 1 fully saturated rings. The number of rotatable bonds is 14. The Morgan fingerprint density at radius 2 is 1.82 bits per heavy atom. The number of aliphatic carboxylic acids is 2. The number of carbonyl (C=O) groups is 5. The first kappa shape index (κ1) is 29.6. The monoisotopic (exact) mass is 544 g/mol. The van der Waals surface area contributed by atoms with Crippen molar-refractivity contribution in [3.63, 3.8) is 0 Å². The highest BCUT2D eigenvalue weighted by atomic mass is 16.4. The summed E-state index contributed by atoms with van der Waals surface area (Å²) in [6.07, 6.45) is 3.34. The number of aromatic nitrogens is 1. The molecule has 0 radical (unpaired) electrons. The van der Waals surface area contributed by atoms with E-state index in [0.29, 0.717) is 32.2 Å². The number of benzene rings is 1. The van der Waals surface area contributed by atoms with Crippen LogP contribution in [0.15, 0.2) is 30.5 Å². The number of nitrogens with zero attached hydrogens (tertiary/aromatic N) is 1.